The number of fused-ring (bicyclic) bond motifs is 1. The van der Waals surface area contributed by atoms with E-state index >= 15 is 0 Å². The van der Waals surface area contributed by atoms with Gasteiger partial charge in [0.2, 0.25) is 0 Å². The largest absolute Gasteiger partial charge is 0.352 e. The number of ether oxygens (including phenoxy) is 2. The number of halogens is 4. The molecular formula is C22H24Br2F2N2O3. The molecule has 31 heavy (non-hydrogen) atoms. The minimum absolute atomic E-state index is 0.208. The van der Waals surface area contributed by atoms with Gasteiger partial charge in [-0.2, -0.15) is 0 Å². The highest BCUT2D eigenvalue weighted by atomic mass is 79.9. The molecule has 3 rings (SSSR count). The normalized spacial score (nSPS) is 10.2. The van der Waals surface area contributed by atoms with Crippen molar-refractivity contribution in [2.75, 3.05) is 19.8 Å². The van der Waals surface area contributed by atoms with E-state index in [9.17, 15) is 13.6 Å². The van der Waals surface area contributed by atoms with Gasteiger partial charge in [0.1, 0.15) is 11.6 Å². The first-order valence-corrected chi connectivity index (χ1v) is 11.0. The van der Waals surface area contributed by atoms with Gasteiger partial charge in [-0.15, -0.1) is 0 Å². The van der Waals surface area contributed by atoms with Crippen molar-refractivity contribution in [3.8, 4) is 0 Å². The zero-order valence-electron chi connectivity index (χ0n) is 17.2. The van der Waals surface area contributed by atoms with Crippen molar-refractivity contribution in [3.63, 3.8) is 0 Å². The summed E-state index contributed by atoms with van der Waals surface area (Å²) < 4.78 is 36.4. The Bertz CT molecular complexity index is 955. The summed E-state index contributed by atoms with van der Waals surface area (Å²) in [6, 6.07) is 9.34. The van der Waals surface area contributed by atoms with E-state index in [1.807, 2.05) is 19.9 Å². The topological polar surface area (TPSA) is 74.4 Å². The average molecular weight is 562 g/mol. The van der Waals surface area contributed by atoms with E-state index in [1.165, 1.54) is 18.2 Å². The van der Waals surface area contributed by atoms with Gasteiger partial charge < -0.3 is 15.2 Å². The molecule has 9 heteroatoms. The van der Waals surface area contributed by atoms with Gasteiger partial charge in [-0.1, -0.05) is 18.2 Å². The van der Waals surface area contributed by atoms with Crippen LogP contribution in [0, 0.1) is 11.6 Å². The summed E-state index contributed by atoms with van der Waals surface area (Å²) in [5.74, 6) is -0.667. The number of carbonyl (C=O) groups is 1. The molecule has 0 aliphatic carbocycles. The number of hydrogen-bond acceptors (Lipinski definition) is 5. The number of rotatable bonds is 6. The first-order valence-electron chi connectivity index (χ1n) is 9.39. The highest BCUT2D eigenvalue weighted by Gasteiger charge is 2.03. The van der Waals surface area contributed by atoms with Crippen LogP contribution in [0.1, 0.15) is 24.2 Å². The molecule has 0 amide bonds. The van der Waals surface area contributed by atoms with Gasteiger partial charge >= 0.3 is 0 Å². The van der Waals surface area contributed by atoms with Gasteiger partial charge in [0.15, 0.2) is 12.6 Å². The van der Waals surface area contributed by atoms with Crippen molar-refractivity contribution >= 4 is 48.9 Å². The van der Waals surface area contributed by atoms with Crippen LogP contribution in [-0.4, -0.2) is 37.3 Å². The third-order valence-corrected chi connectivity index (χ3v) is 5.36. The van der Waals surface area contributed by atoms with Crippen LogP contribution < -0.4 is 5.73 Å². The van der Waals surface area contributed by atoms with E-state index in [1.54, 1.807) is 24.5 Å². The Hall–Kier alpha value is -1.78. The number of benzene rings is 2. The molecule has 0 aliphatic rings. The fourth-order valence-corrected chi connectivity index (χ4v) is 3.09. The van der Waals surface area contributed by atoms with Gasteiger partial charge in [0.25, 0.3) is 0 Å². The van der Waals surface area contributed by atoms with Crippen molar-refractivity contribution in [1.82, 2.24) is 4.98 Å². The summed E-state index contributed by atoms with van der Waals surface area (Å²) >= 11 is 6.10. The Morgan fingerprint density at radius 3 is 2.23 bits per heavy atom. The van der Waals surface area contributed by atoms with Crippen LogP contribution in [-0.2, 0) is 9.47 Å². The Morgan fingerprint density at radius 1 is 1.03 bits per heavy atom. The Balaban J connectivity index is 0.000000236. The minimum atomic E-state index is -0.412. The maximum absolute atomic E-state index is 13.0. The fourth-order valence-electron chi connectivity index (χ4n) is 2.27. The summed E-state index contributed by atoms with van der Waals surface area (Å²) in [7, 11) is 0. The molecule has 0 unspecified atom stereocenters. The molecule has 0 fully saturated rings. The Labute approximate surface area is 197 Å². The van der Waals surface area contributed by atoms with Gasteiger partial charge in [-0.05, 0) is 69.3 Å². The first kappa shape index (κ1) is 27.3. The molecule has 1 aromatic heterocycles. The van der Waals surface area contributed by atoms with Gasteiger partial charge in [0.05, 0.1) is 8.95 Å². The lowest BCUT2D eigenvalue weighted by Gasteiger charge is -2.13. The summed E-state index contributed by atoms with van der Waals surface area (Å²) in [6.07, 6.45) is 3.72. The predicted molar refractivity (Wildman–Crippen MR) is 125 cm³/mol. The lowest BCUT2D eigenvalue weighted by molar-refractivity contribution is -0.128. The molecule has 1 heterocycles. The smallest absolute Gasteiger partial charge is 0.169 e. The third kappa shape index (κ3) is 9.08. The second kappa shape index (κ2) is 15.1. The SMILES string of the molecule is CCOC(CN)OCC.Fc1ccc2ccncc2c1Br.O=Cc1cccc(F)c1Br. The molecule has 0 saturated carbocycles. The van der Waals surface area contributed by atoms with Crippen molar-refractivity contribution in [2.45, 2.75) is 20.1 Å². The van der Waals surface area contributed by atoms with Crippen molar-refractivity contribution < 1.29 is 23.0 Å². The molecule has 0 aliphatic heterocycles. The van der Waals surface area contributed by atoms with E-state index in [0.717, 1.165) is 10.8 Å². The number of nitrogens with zero attached hydrogens (tertiary/aromatic N) is 1. The zero-order chi connectivity index (χ0) is 23.2. The molecule has 2 aromatic carbocycles. The third-order valence-electron chi connectivity index (χ3n) is 3.72. The number of aldehydes is 1. The maximum atomic E-state index is 13.0. The molecular weight excluding hydrogens is 538 g/mol. The van der Waals surface area contributed by atoms with E-state index in [2.05, 4.69) is 36.8 Å². The lowest BCUT2D eigenvalue weighted by atomic mass is 10.2. The standard InChI is InChI=1S/C9H5BrFN.C7H4BrFO.C6H15NO2/c10-9-7-5-12-4-3-6(7)1-2-8(9)11;8-7-5(4-10)2-1-3-6(7)9;1-3-8-6(5-7)9-4-2/h1-5H;1-4H;6H,3-5,7H2,1-2H3. The molecule has 2 N–H and O–H groups in total. The van der Waals surface area contributed by atoms with Crippen LogP contribution in [0.5, 0.6) is 0 Å². The monoisotopic (exact) mass is 560 g/mol. The molecule has 168 valence electrons. The maximum Gasteiger partial charge on any atom is 0.169 e. The number of pyridine rings is 1. The molecule has 0 bridgehead atoms. The number of nitrogens with two attached hydrogens (primary N) is 1. The van der Waals surface area contributed by atoms with Crippen LogP contribution in [0.2, 0.25) is 0 Å². The van der Waals surface area contributed by atoms with E-state index < -0.39 is 5.82 Å². The molecule has 0 spiro atoms. The molecule has 0 radical (unpaired) electrons. The number of aromatic nitrogens is 1. The lowest BCUT2D eigenvalue weighted by Crippen LogP contribution is -2.26. The zero-order valence-corrected chi connectivity index (χ0v) is 20.3. The summed E-state index contributed by atoms with van der Waals surface area (Å²) in [6.45, 7) is 5.58. The summed E-state index contributed by atoms with van der Waals surface area (Å²) in [4.78, 5) is 14.1. The van der Waals surface area contributed by atoms with Crippen molar-refractivity contribution in [2.24, 2.45) is 5.73 Å². The van der Waals surface area contributed by atoms with Crippen LogP contribution >= 0.6 is 31.9 Å². The average Bonchev–Trinajstić information content (AvgIpc) is 2.79. The second-order valence-corrected chi connectivity index (χ2v) is 7.38. The van der Waals surface area contributed by atoms with Crippen LogP contribution in [0.3, 0.4) is 0 Å². The highest BCUT2D eigenvalue weighted by molar-refractivity contribution is 9.11. The first-order chi connectivity index (χ1) is 14.9. The molecule has 0 saturated heterocycles. The summed E-state index contributed by atoms with van der Waals surface area (Å²) in [5, 5.41) is 1.79. The molecule has 3 aromatic rings. The van der Waals surface area contributed by atoms with E-state index in [-0.39, 0.29) is 16.6 Å². The van der Waals surface area contributed by atoms with Gasteiger partial charge in [-0.3, -0.25) is 9.78 Å². The van der Waals surface area contributed by atoms with Crippen LogP contribution in [0.15, 0.2) is 57.7 Å². The van der Waals surface area contributed by atoms with Gasteiger partial charge in [0, 0.05) is 43.1 Å². The van der Waals surface area contributed by atoms with E-state index in [0.29, 0.717) is 36.1 Å². The Morgan fingerprint density at radius 2 is 1.68 bits per heavy atom. The van der Waals surface area contributed by atoms with Crippen LogP contribution in [0.25, 0.3) is 10.8 Å². The van der Waals surface area contributed by atoms with E-state index in [4.69, 9.17) is 15.2 Å². The minimum Gasteiger partial charge on any atom is -0.352 e. The van der Waals surface area contributed by atoms with Gasteiger partial charge in [-0.25, -0.2) is 8.78 Å². The second-order valence-electron chi connectivity index (χ2n) is 5.80. The Kier molecular flexibility index (Phi) is 13.3. The predicted octanol–water partition coefficient (Wildman–Crippen LogP) is 5.88. The van der Waals surface area contributed by atoms with Crippen molar-refractivity contribution in [3.05, 3.63) is 74.9 Å². The fraction of sp³-hybridized carbons (Fsp3) is 0.273. The van der Waals surface area contributed by atoms with Crippen LogP contribution in [0.4, 0.5) is 8.78 Å². The highest BCUT2D eigenvalue weighted by Crippen LogP contribution is 2.25. The number of carbonyl (C=O) groups excluding carboxylic acids is 1. The molecule has 5 nitrogen and oxygen atoms in total. The summed E-state index contributed by atoms with van der Waals surface area (Å²) in [5.41, 5.74) is 5.63. The van der Waals surface area contributed by atoms with Crippen molar-refractivity contribution in [1.29, 1.82) is 0 Å². The number of hydrogen-bond donors (Lipinski definition) is 1. The molecule has 0 atom stereocenters. The quantitative estimate of drug-likeness (QED) is 0.300.